The third-order valence-corrected chi connectivity index (χ3v) is 9.92. The quantitative estimate of drug-likeness (QED) is 0.200. The van der Waals surface area contributed by atoms with Gasteiger partial charge in [-0.1, -0.05) is 133 Å². The van der Waals surface area contributed by atoms with Crippen molar-refractivity contribution in [1.82, 2.24) is 14.5 Å². The molecule has 0 saturated carbocycles. The van der Waals surface area contributed by atoms with Gasteiger partial charge >= 0.3 is 0 Å². The summed E-state index contributed by atoms with van der Waals surface area (Å²) >= 11 is 0. The van der Waals surface area contributed by atoms with Gasteiger partial charge in [0, 0.05) is 44.2 Å². The highest BCUT2D eigenvalue weighted by molar-refractivity contribution is 6.14. The molecule has 3 heterocycles. The van der Waals surface area contributed by atoms with Crippen LogP contribution in [0.15, 0.2) is 187 Å². The van der Waals surface area contributed by atoms with Gasteiger partial charge in [0.2, 0.25) is 0 Å². The molecule has 10 rings (SSSR count). The van der Waals surface area contributed by atoms with E-state index in [0.29, 0.717) is 0 Å². The standard InChI is InChI=1S/C46H32N4/c1-3-15-31(16-4-1)40-30-41(48-46(47-40)32-17-5-2-6-18-32)33-27-34(49-42-23-11-7-19-36(42)37-20-8-12-24-43(37)49)29-35(28-33)50-44-25-13-9-21-38(44)39-22-10-14-26-45(39)50/h1-30,46,48H. The number of nitrogens with zero attached hydrogens (tertiary/aromatic N) is 3. The zero-order valence-corrected chi connectivity index (χ0v) is 27.2. The summed E-state index contributed by atoms with van der Waals surface area (Å²) in [5.41, 5.74) is 12.2. The molecule has 1 N–H and O–H groups in total. The zero-order chi connectivity index (χ0) is 33.0. The lowest BCUT2D eigenvalue weighted by atomic mass is 10.0. The fourth-order valence-electron chi connectivity index (χ4n) is 7.67. The Balaban J connectivity index is 1.27. The second kappa shape index (κ2) is 11.5. The Hall–Kier alpha value is -6.65. The number of aromatic nitrogens is 2. The maximum absolute atomic E-state index is 5.23. The number of aliphatic imine (C=N–C) groups is 1. The third kappa shape index (κ3) is 4.57. The van der Waals surface area contributed by atoms with Gasteiger partial charge in [0.15, 0.2) is 0 Å². The van der Waals surface area contributed by atoms with E-state index in [4.69, 9.17) is 4.99 Å². The van der Waals surface area contributed by atoms with Gasteiger partial charge in [-0.25, -0.2) is 0 Å². The molecule has 4 nitrogen and oxygen atoms in total. The van der Waals surface area contributed by atoms with Crippen molar-refractivity contribution in [2.75, 3.05) is 0 Å². The minimum absolute atomic E-state index is 0.236. The van der Waals surface area contributed by atoms with E-state index in [-0.39, 0.29) is 6.17 Å². The lowest BCUT2D eigenvalue weighted by Crippen LogP contribution is -2.25. The largest absolute Gasteiger partial charge is 0.360 e. The number of rotatable bonds is 5. The number of hydrogen-bond donors (Lipinski definition) is 1. The number of para-hydroxylation sites is 4. The predicted octanol–water partition coefficient (Wildman–Crippen LogP) is 11.0. The fourth-order valence-corrected chi connectivity index (χ4v) is 7.67. The smallest absolute Gasteiger partial charge is 0.145 e. The van der Waals surface area contributed by atoms with E-state index >= 15 is 0 Å². The lowest BCUT2D eigenvalue weighted by molar-refractivity contribution is 0.664. The van der Waals surface area contributed by atoms with Gasteiger partial charge in [-0.05, 0) is 59.7 Å². The van der Waals surface area contributed by atoms with E-state index in [2.05, 4.69) is 196 Å². The molecule has 1 unspecified atom stereocenters. The van der Waals surface area contributed by atoms with Crippen LogP contribution >= 0.6 is 0 Å². The highest BCUT2D eigenvalue weighted by atomic mass is 15.1. The second-order valence-electron chi connectivity index (χ2n) is 12.9. The van der Waals surface area contributed by atoms with Crippen molar-refractivity contribution in [3.8, 4) is 11.4 Å². The average Bonchev–Trinajstić information content (AvgIpc) is 3.71. The van der Waals surface area contributed by atoms with Crippen molar-refractivity contribution in [2.24, 2.45) is 4.99 Å². The number of hydrogen-bond acceptors (Lipinski definition) is 2. The van der Waals surface area contributed by atoms with Gasteiger partial charge in [0.05, 0.1) is 27.8 Å². The van der Waals surface area contributed by atoms with Gasteiger partial charge < -0.3 is 14.5 Å². The molecule has 0 spiro atoms. The van der Waals surface area contributed by atoms with Crippen LogP contribution in [0.2, 0.25) is 0 Å². The molecule has 0 bridgehead atoms. The van der Waals surface area contributed by atoms with E-state index in [1.807, 2.05) is 0 Å². The zero-order valence-electron chi connectivity index (χ0n) is 27.2. The second-order valence-corrected chi connectivity index (χ2v) is 12.9. The maximum Gasteiger partial charge on any atom is 0.145 e. The van der Waals surface area contributed by atoms with Crippen LogP contribution in [0.25, 0.3) is 60.7 Å². The highest BCUT2D eigenvalue weighted by Gasteiger charge is 2.22. The number of nitrogens with one attached hydrogen (secondary N) is 1. The highest BCUT2D eigenvalue weighted by Crippen LogP contribution is 2.37. The summed E-state index contributed by atoms with van der Waals surface area (Å²) < 4.78 is 4.83. The van der Waals surface area contributed by atoms with Gasteiger partial charge in [-0.3, -0.25) is 4.99 Å². The summed E-state index contributed by atoms with van der Waals surface area (Å²) in [6.07, 6.45) is 1.97. The summed E-state index contributed by atoms with van der Waals surface area (Å²) in [6, 6.07) is 62.8. The van der Waals surface area contributed by atoms with E-state index in [1.54, 1.807) is 0 Å². The van der Waals surface area contributed by atoms with Crippen LogP contribution in [0.5, 0.6) is 0 Å². The summed E-state index contributed by atoms with van der Waals surface area (Å²) in [5, 5.41) is 8.80. The van der Waals surface area contributed by atoms with E-state index in [9.17, 15) is 0 Å². The minimum Gasteiger partial charge on any atom is -0.360 e. The SMILES string of the molecule is C1=C(c2cc(-n3c4ccccc4c4ccccc43)cc(-n3c4ccccc4c4ccccc43)c2)NC(c2ccccc2)N=C1c1ccccc1. The van der Waals surface area contributed by atoms with E-state index in [1.165, 1.54) is 43.6 Å². The number of allylic oxidation sites excluding steroid dienone is 1. The molecule has 0 fully saturated rings. The van der Waals surface area contributed by atoms with Crippen LogP contribution in [0.4, 0.5) is 0 Å². The Kier molecular flexibility index (Phi) is 6.53. The molecule has 1 aliphatic heterocycles. The van der Waals surface area contributed by atoms with Crippen LogP contribution in [0.1, 0.15) is 22.9 Å². The predicted molar refractivity (Wildman–Crippen MR) is 208 cm³/mol. The molecule has 4 heteroatoms. The Morgan fingerprint density at radius 1 is 0.420 bits per heavy atom. The first-order valence-electron chi connectivity index (χ1n) is 17.1. The average molecular weight is 641 g/mol. The van der Waals surface area contributed by atoms with Crippen molar-refractivity contribution in [3.05, 3.63) is 199 Å². The van der Waals surface area contributed by atoms with Crippen molar-refractivity contribution in [2.45, 2.75) is 6.17 Å². The molecular formula is C46H32N4. The normalized spacial score (nSPS) is 14.6. The maximum atomic E-state index is 5.23. The van der Waals surface area contributed by atoms with E-state index in [0.717, 1.165) is 39.5 Å². The molecule has 0 saturated heterocycles. The molecule has 1 atom stereocenters. The van der Waals surface area contributed by atoms with Crippen molar-refractivity contribution < 1.29 is 0 Å². The van der Waals surface area contributed by atoms with Gasteiger partial charge in [-0.15, -0.1) is 0 Å². The topological polar surface area (TPSA) is 34.2 Å². The summed E-state index contributed by atoms with van der Waals surface area (Å²) in [6.45, 7) is 0. The number of benzene rings is 7. The van der Waals surface area contributed by atoms with Gasteiger partial charge in [0.1, 0.15) is 6.17 Å². The van der Waals surface area contributed by atoms with E-state index < -0.39 is 0 Å². The molecule has 1 aliphatic rings. The first-order valence-corrected chi connectivity index (χ1v) is 17.1. The minimum atomic E-state index is -0.236. The molecule has 0 amide bonds. The van der Waals surface area contributed by atoms with Gasteiger partial charge in [-0.2, -0.15) is 0 Å². The van der Waals surface area contributed by atoms with Crippen molar-refractivity contribution >= 4 is 55.0 Å². The van der Waals surface area contributed by atoms with Crippen LogP contribution < -0.4 is 5.32 Å². The number of fused-ring (bicyclic) bond motifs is 6. The fraction of sp³-hybridized carbons (Fsp3) is 0.0217. The summed E-state index contributed by atoms with van der Waals surface area (Å²) in [7, 11) is 0. The van der Waals surface area contributed by atoms with Crippen LogP contribution in [0, 0.1) is 0 Å². The molecule has 7 aromatic carbocycles. The Bertz CT molecular complexity index is 2550. The molecule has 0 radical (unpaired) electrons. The molecule has 236 valence electrons. The van der Waals surface area contributed by atoms with Crippen LogP contribution in [-0.4, -0.2) is 14.8 Å². The monoisotopic (exact) mass is 640 g/mol. The summed E-state index contributed by atoms with van der Waals surface area (Å²) in [5.74, 6) is 0. The van der Waals surface area contributed by atoms with Crippen molar-refractivity contribution in [3.63, 3.8) is 0 Å². The van der Waals surface area contributed by atoms with Gasteiger partial charge in [0.25, 0.3) is 0 Å². The van der Waals surface area contributed by atoms with Crippen molar-refractivity contribution in [1.29, 1.82) is 0 Å². The molecule has 9 aromatic rings. The Labute approximate surface area is 289 Å². The first-order chi connectivity index (χ1) is 24.8. The lowest BCUT2D eigenvalue weighted by Gasteiger charge is -2.26. The summed E-state index contributed by atoms with van der Waals surface area (Å²) in [4.78, 5) is 5.23. The van der Waals surface area contributed by atoms with Crippen LogP contribution in [-0.2, 0) is 0 Å². The third-order valence-electron chi connectivity index (χ3n) is 9.92. The molecular weight excluding hydrogens is 609 g/mol. The Morgan fingerprint density at radius 3 is 1.32 bits per heavy atom. The molecule has 0 aliphatic carbocycles. The van der Waals surface area contributed by atoms with Crippen LogP contribution in [0.3, 0.4) is 0 Å². The Morgan fingerprint density at radius 2 is 0.840 bits per heavy atom. The first kappa shape index (κ1) is 28.4. The molecule has 50 heavy (non-hydrogen) atoms. The molecule has 2 aromatic heterocycles.